The van der Waals surface area contributed by atoms with Gasteiger partial charge in [-0.05, 0) is 38.1 Å². The molecule has 3 aromatic rings. The van der Waals surface area contributed by atoms with Crippen LogP contribution in [-0.4, -0.2) is 31.8 Å². The van der Waals surface area contributed by atoms with E-state index in [4.69, 9.17) is 23.2 Å². The van der Waals surface area contributed by atoms with E-state index in [0.717, 1.165) is 6.07 Å². The molecule has 0 radical (unpaired) electrons. The Labute approximate surface area is 181 Å². The van der Waals surface area contributed by atoms with Gasteiger partial charge in [0.25, 0.3) is 17.2 Å². The molecule has 0 saturated heterocycles. The number of carbonyl (C=O) groups is 1. The van der Waals surface area contributed by atoms with Crippen LogP contribution in [0.2, 0.25) is 10.0 Å². The number of halogens is 2. The number of benzene rings is 2. The van der Waals surface area contributed by atoms with E-state index in [9.17, 15) is 19.7 Å². The molecule has 2 aromatic carbocycles. The molecule has 0 bridgehead atoms. The Morgan fingerprint density at radius 1 is 1.27 bits per heavy atom. The Kier molecular flexibility index (Phi) is 6.09. The van der Waals surface area contributed by atoms with Crippen molar-refractivity contribution in [3.63, 3.8) is 0 Å². The Morgan fingerprint density at radius 2 is 1.97 bits per heavy atom. The first-order valence-corrected chi connectivity index (χ1v) is 9.82. The number of fused-ring (bicyclic) bond motifs is 1. The van der Waals surface area contributed by atoms with Crippen LogP contribution < -0.4 is 5.56 Å². The van der Waals surface area contributed by atoms with Gasteiger partial charge >= 0.3 is 0 Å². The summed E-state index contributed by atoms with van der Waals surface area (Å²) in [4.78, 5) is 42.3. The van der Waals surface area contributed by atoms with Crippen molar-refractivity contribution < 1.29 is 9.72 Å². The summed E-state index contributed by atoms with van der Waals surface area (Å²) in [6.07, 6.45) is 0. The molecule has 0 saturated carbocycles. The van der Waals surface area contributed by atoms with E-state index in [0.29, 0.717) is 28.3 Å². The molecule has 0 aliphatic heterocycles. The minimum atomic E-state index is -0.583. The molecule has 156 valence electrons. The van der Waals surface area contributed by atoms with E-state index in [1.165, 1.54) is 21.6 Å². The van der Waals surface area contributed by atoms with Gasteiger partial charge in [-0.25, -0.2) is 4.98 Å². The lowest BCUT2D eigenvalue weighted by Gasteiger charge is -2.29. The summed E-state index contributed by atoms with van der Waals surface area (Å²) >= 11 is 12.2. The number of rotatable bonds is 5. The number of nitro benzene ring substituents is 1. The normalized spacial score (nSPS) is 12.0. The van der Waals surface area contributed by atoms with Crippen LogP contribution in [0.5, 0.6) is 0 Å². The molecule has 10 heteroatoms. The van der Waals surface area contributed by atoms with E-state index >= 15 is 0 Å². The van der Waals surface area contributed by atoms with Crippen LogP contribution in [0, 0.1) is 10.1 Å². The van der Waals surface area contributed by atoms with Gasteiger partial charge in [0.15, 0.2) is 0 Å². The fourth-order valence-corrected chi connectivity index (χ4v) is 3.74. The van der Waals surface area contributed by atoms with Crippen LogP contribution in [0.3, 0.4) is 0 Å². The number of carbonyl (C=O) groups excluding carboxylic acids is 1. The molecule has 0 aliphatic rings. The molecule has 1 heterocycles. The molecule has 1 aromatic heterocycles. The molecule has 1 atom stereocenters. The highest BCUT2D eigenvalue weighted by molar-refractivity contribution is 6.34. The predicted octanol–water partition coefficient (Wildman–Crippen LogP) is 4.37. The van der Waals surface area contributed by atoms with E-state index in [1.54, 1.807) is 39.1 Å². The van der Waals surface area contributed by atoms with E-state index < -0.39 is 16.9 Å². The predicted molar refractivity (Wildman–Crippen MR) is 115 cm³/mol. The second kappa shape index (κ2) is 8.41. The number of nitro groups is 1. The average molecular weight is 449 g/mol. The van der Waals surface area contributed by atoms with Gasteiger partial charge in [-0.15, -0.1) is 0 Å². The van der Waals surface area contributed by atoms with Gasteiger partial charge in [-0.2, -0.15) is 0 Å². The highest BCUT2D eigenvalue weighted by Crippen LogP contribution is 2.27. The lowest BCUT2D eigenvalue weighted by atomic mass is 10.1. The zero-order valence-electron chi connectivity index (χ0n) is 16.4. The molecule has 1 amide bonds. The number of aromatic nitrogens is 2. The Bertz CT molecular complexity index is 1230. The van der Waals surface area contributed by atoms with Gasteiger partial charge < -0.3 is 4.90 Å². The van der Waals surface area contributed by atoms with Crippen LogP contribution in [0.1, 0.15) is 36.1 Å². The maximum atomic E-state index is 13.1. The Balaban J connectivity index is 2.05. The van der Waals surface area contributed by atoms with E-state index in [-0.39, 0.29) is 21.8 Å². The van der Waals surface area contributed by atoms with Crippen molar-refractivity contribution in [1.82, 2.24) is 14.5 Å². The fourth-order valence-electron chi connectivity index (χ4n) is 3.31. The second-order valence-electron chi connectivity index (χ2n) is 6.68. The first-order chi connectivity index (χ1) is 14.1. The van der Waals surface area contributed by atoms with Crippen LogP contribution >= 0.6 is 23.2 Å². The maximum Gasteiger partial charge on any atom is 0.270 e. The van der Waals surface area contributed by atoms with Gasteiger partial charge in [0, 0.05) is 30.7 Å². The maximum absolute atomic E-state index is 13.1. The minimum absolute atomic E-state index is 0.0213. The largest absolute Gasteiger partial charge is 0.329 e. The number of amides is 1. The zero-order chi connectivity index (χ0) is 22.2. The summed E-state index contributed by atoms with van der Waals surface area (Å²) in [5.41, 5.74) is 0.104. The molecule has 0 spiro atoms. The summed E-state index contributed by atoms with van der Waals surface area (Å²) in [7, 11) is 1.59. The quantitative estimate of drug-likeness (QED) is 0.426. The first kappa shape index (κ1) is 21.7. The molecule has 3 rings (SSSR count). The summed E-state index contributed by atoms with van der Waals surface area (Å²) in [5.74, 6) is -0.0478. The number of hydrogen-bond donors (Lipinski definition) is 0. The van der Waals surface area contributed by atoms with Crippen molar-refractivity contribution >= 4 is 45.7 Å². The third kappa shape index (κ3) is 3.88. The van der Waals surface area contributed by atoms with E-state index in [1.807, 2.05) is 0 Å². The van der Waals surface area contributed by atoms with E-state index in [2.05, 4.69) is 4.98 Å². The van der Waals surface area contributed by atoms with Crippen LogP contribution in [0.25, 0.3) is 10.9 Å². The third-order valence-electron chi connectivity index (χ3n) is 4.91. The first-order valence-electron chi connectivity index (χ1n) is 9.06. The van der Waals surface area contributed by atoms with Crippen molar-refractivity contribution in [3.05, 3.63) is 78.3 Å². The summed E-state index contributed by atoms with van der Waals surface area (Å²) in [5, 5.41) is 11.8. The lowest BCUT2D eigenvalue weighted by molar-refractivity contribution is -0.384. The van der Waals surface area contributed by atoms with Crippen LogP contribution in [-0.2, 0) is 7.05 Å². The van der Waals surface area contributed by atoms with Crippen molar-refractivity contribution in [2.45, 2.75) is 19.9 Å². The van der Waals surface area contributed by atoms with Gasteiger partial charge in [0.2, 0.25) is 0 Å². The monoisotopic (exact) mass is 448 g/mol. The molecular formula is C20H18Cl2N4O4. The smallest absolute Gasteiger partial charge is 0.270 e. The lowest BCUT2D eigenvalue weighted by Crippen LogP contribution is -2.37. The molecular weight excluding hydrogens is 431 g/mol. The highest BCUT2D eigenvalue weighted by atomic mass is 35.5. The molecule has 0 fully saturated rings. The molecule has 30 heavy (non-hydrogen) atoms. The summed E-state index contributed by atoms with van der Waals surface area (Å²) in [6.45, 7) is 3.83. The summed E-state index contributed by atoms with van der Waals surface area (Å²) in [6, 6.07) is 7.94. The molecule has 0 aliphatic carbocycles. The molecule has 0 N–H and O–H groups in total. The number of hydrogen-bond acceptors (Lipinski definition) is 5. The molecule has 1 unspecified atom stereocenters. The van der Waals surface area contributed by atoms with Crippen LogP contribution in [0.4, 0.5) is 5.69 Å². The number of nitrogens with zero attached hydrogens (tertiary/aromatic N) is 4. The second-order valence-corrected chi connectivity index (χ2v) is 7.53. The zero-order valence-corrected chi connectivity index (χ0v) is 17.9. The SMILES string of the molecule is CCN(C(=O)c1ccc([N+](=O)[O-])cc1Cl)C(C)c1nc2cc(Cl)ccc2c(=O)n1C. The highest BCUT2D eigenvalue weighted by Gasteiger charge is 2.27. The van der Waals surface area contributed by atoms with Gasteiger partial charge in [-0.3, -0.25) is 24.3 Å². The molecule has 8 nitrogen and oxygen atoms in total. The Morgan fingerprint density at radius 3 is 2.57 bits per heavy atom. The Hall–Kier alpha value is -2.97. The topological polar surface area (TPSA) is 98.3 Å². The minimum Gasteiger partial charge on any atom is -0.329 e. The van der Waals surface area contributed by atoms with Gasteiger partial charge in [0.1, 0.15) is 5.82 Å². The van der Waals surface area contributed by atoms with Crippen LogP contribution in [0.15, 0.2) is 41.2 Å². The fraction of sp³-hybridized carbons (Fsp3) is 0.250. The number of non-ortho nitro benzene ring substituents is 1. The standard InChI is InChI=1S/C20H18Cl2N4O4/c1-4-25(20(28)14-8-6-13(26(29)30)10-16(14)22)11(2)18-23-17-9-12(21)5-7-15(17)19(27)24(18)3/h5-11H,4H2,1-3H3. The summed E-state index contributed by atoms with van der Waals surface area (Å²) < 4.78 is 1.40. The average Bonchev–Trinajstić information content (AvgIpc) is 2.70. The van der Waals surface area contributed by atoms with Gasteiger partial charge in [0.05, 0.1) is 32.5 Å². The van der Waals surface area contributed by atoms with Crippen molar-refractivity contribution in [2.24, 2.45) is 7.05 Å². The van der Waals surface area contributed by atoms with Crippen molar-refractivity contribution in [3.8, 4) is 0 Å². The van der Waals surface area contributed by atoms with Crippen molar-refractivity contribution in [1.29, 1.82) is 0 Å². The van der Waals surface area contributed by atoms with Crippen molar-refractivity contribution in [2.75, 3.05) is 6.54 Å². The third-order valence-corrected chi connectivity index (χ3v) is 5.46. The van der Waals surface area contributed by atoms with Gasteiger partial charge in [-0.1, -0.05) is 23.2 Å².